The number of halogens is 1. The van der Waals surface area contributed by atoms with Crippen molar-refractivity contribution < 1.29 is 4.79 Å². The van der Waals surface area contributed by atoms with Crippen LogP contribution in [0.15, 0.2) is 46.9 Å². The Morgan fingerprint density at radius 3 is 2.60 bits per heavy atom. The molecule has 0 radical (unpaired) electrons. The van der Waals surface area contributed by atoms with Gasteiger partial charge in [0.1, 0.15) is 0 Å². The van der Waals surface area contributed by atoms with Crippen LogP contribution in [0.2, 0.25) is 0 Å². The minimum absolute atomic E-state index is 0.0313. The van der Waals surface area contributed by atoms with Crippen LogP contribution in [0.4, 0.5) is 5.69 Å². The molecule has 0 aromatic heterocycles. The van der Waals surface area contributed by atoms with E-state index in [9.17, 15) is 4.79 Å². The second kappa shape index (κ2) is 6.09. The van der Waals surface area contributed by atoms with Crippen LogP contribution in [0.3, 0.4) is 0 Å². The number of anilines is 1. The zero-order valence-corrected chi connectivity index (χ0v) is 13.1. The third kappa shape index (κ3) is 3.39. The van der Waals surface area contributed by atoms with E-state index in [1.54, 1.807) is 18.0 Å². The summed E-state index contributed by atoms with van der Waals surface area (Å²) in [5.74, 6) is -0.0313. The summed E-state index contributed by atoms with van der Waals surface area (Å²) >= 11 is 3.50. The van der Waals surface area contributed by atoms with E-state index in [4.69, 9.17) is 5.73 Å². The summed E-state index contributed by atoms with van der Waals surface area (Å²) < 4.78 is 1.00. The third-order valence-corrected chi connectivity index (χ3v) is 3.83. The van der Waals surface area contributed by atoms with Crippen molar-refractivity contribution in [3.63, 3.8) is 0 Å². The van der Waals surface area contributed by atoms with Crippen LogP contribution in [-0.4, -0.2) is 17.9 Å². The Morgan fingerprint density at radius 1 is 1.25 bits per heavy atom. The van der Waals surface area contributed by atoms with Crippen LogP contribution in [0.5, 0.6) is 0 Å². The number of amides is 1. The van der Waals surface area contributed by atoms with Crippen LogP contribution in [-0.2, 0) is 6.54 Å². The van der Waals surface area contributed by atoms with Gasteiger partial charge in [-0.2, -0.15) is 0 Å². The highest BCUT2D eigenvalue weighted by atomic mass is 79.9. The van der Waals surface area contributed by atoms with E-state index in [2.05, 4.69) is 15.9 Å². The Labute approximate surface area is 127 Å². The number of carbonyl (C=O) groups is 1. The molecule has 4 heteroatoms. The molecule has 2 rings (SSSR count). The van der Waals surface area contributed by atoms with Crippen molar-refractivity contribution in [2.45, 2.75) is 13.5 Å². The number of aryl methyl sites for hydroxylation is 1. The van der Waals surface area contributed by atoms with E-state index in [-0.39, 0.29) is 5.91 Å². The minimum Gasteiger partial charge on any atom is -0.399 e. The van der Waals surface area contributed by atoms with Crippen molar-refractivity contribution >= 4 is 27.5 Å². The van der Waals surface area contributed by atoms with Gasteiger partial charge in [-0.15, -0.1) is 0 Å². The average Bonchev–Trinajstić information content (AvgIpc) is 2.39. The molecule has 0 unspecified atom stereocenters. The highest BCUT2D eigenvalue weighted by Gasteiger charge is 2.13. The molecule has 2 aromatic rings. The number of benzene rings is 2. The van der Waals surface area contributed by atoms with Crippen molar-refractivity contribution in [3.05, 3.63) is 63.6 Å². The lowest BCUT2D eigenvalue weighted by Crippen LogP contribution is -2.26. The standard InChI is InChI=1S/C16H17BrN2O/c1-11-7-13(9-14(18)8-11)16(20)19(2)10-12-5-3-4-6-15(12)17/h3-9H,10,18H2,1-2H3. The maximum absolute atomic E-state index is 12.4. The first-order valence-electron chi connectivity index (χ1n) is 6.33. The first-order chi connectivity index (χ1) is 9.47. The fraction of sp³-hybridized carbons (Fsp3) is 0.188. The fourth-order valence-electron chi connectivity index (χ4n) is 2.11. The molecule has 0 bridgehead atoms. The second-order valence-corrected chi connectivity index (χ2v) is 5.74. The first kappa shape index (κ1) is 14.6. The average molecular weight is 333 g/mol. The SMILES string of the molecule is Cc1cc(N)cc(C(=O)N(C)Cc2ccccc2Br)c1. The number of carbonyl (C=O) groups excluding carboxylic acids is 1. The van der Waals surface area contributed by atoms with Crippen molar-refractivity contribution in [1.82, 2.24) is 4.90 Å². The first-order valence-corrected chi connectivity index (χ1v) is 7.12. The topological polar surface area (TPSA) is 46.3 Å². The van der Waals surface area contributed by atoms with Crippen LogP contribution in [0.25, 0.3) is 0 Å². The molecule has 3 nitrogen and oxygen atoms in total. The molecule has 0 aliphatic heterocycles. The molecule has 2 N–H and O–H groups in total. The number of hydrogen-bond donors (Lipinski definition) is 1. The summed E-state index contributed by atoms with van der Waals surface area (Å²) in [5, 5.41) is 0. The van der Waals surface area contributed by atoms with Gasteiger partial charge in [-0.3, -0.25) is 4.79 Å². The van der Waals surface area contributed by atoms with E-state index < -0.39 is 0 Å². The van der Waals surface area contributed by atoms with Gasteiger partial charge in [0.2, 0.25) is 0 Å². The molecule has 0 saturated heterocycles. The van der Waals surface area contributed by atoms with Gasteiger partial charge in [0.15, 0.2) is 0 Å². The summed E-state index contributed by atoms with van der Waals surface area (Å²) in [6.07, 6.45) is 0. The van der Waals surface area contributed by atoms with Crippen molar-refractivity contribution in [1.29, 1.82) is 0 Å². The number of rotatable bonds is 3. The maximum Gasteiger partial charge on any atom is 0.253 e. The summed E-state index contributed by atoms with van der Waals surface area (Å²) in [4.78, 5) is 14.1. The van der Waals surface area contributed by atoms with Crippen molar-refractivity contribution in [3.8, 4) is 0 Å². The molecule has 0 saturated carbocycles. The molecular weight excluding hydrogens is 316 g/mol. The van der Waals surface area contributed by atoms with Crippen LogP contribution in [0.1, 0.15) is 21.5 Å². The molecule has 0 spiro atoms. The number of nitrogens with two attached hydrogens (primary N) is 1. The normalized spacial score (nSPS) is 10.3. The van der Waals surface area contributed by atoms with Gasteiger partial charge in [-0.1, -0.05) is 34.1 Å². The zero-order chi connectivity index (χ0) is 14.7. The Balaban J connectivity index is 2.18. The van der Waals surface area contributed by atoms with Gasteiger partial charge in [0.25, 0.3) is 5.91 Å². The van der Waals surface area contributed by atoms with E-state index >= 15 is 0 Å². The quantitative estimate of drug-likeness (QED) is 0.872. The fourth-order valence-corrected chi connectivity index (χ4v) is 2.52. The van der Waals surface area contributed by atoms with Crippen molar-refractivity contribution in [2.24, 2.45) is 0 Å². The molecule has 0 aliphatic rings. The molecule has 0 heterocycles. The van der Waals surface area contributed by atoms with Crippen LogP contribution in [0, 0.1) is 6.92 Å². The van der Waals surface area contributed by atoms with E-state index in [0.717, 1.165) is 15.6 Å². The monoisotopic (exact) mass is 332 g/mol. The van der Waals surface area contributed by atoms with Gasteiger partial charge < -0.3 is 10.6 Å². The maximum atomic E-state index is 12.4. The molecule has 20 heavy (non-hydrogen) atoms. The number of hydrogen-bond acceptors (Lipinski definition) is 2. The van der Waals surface area contributed by atoms with Gasteiger partial charge in [0.05, 0.1) is 0 Å². The van der Waals surface area contributed by atoms with Gasteiger partial charge in [0, 0.05) is 29.3 Å². The van der Waals surface area contributed by atoms with Gasteiger partial charge >= 0.3 is 0 Å². The predicted molar refractivity (Wildman–Crippen MR) is 85.5 cm³/mol. The Morgan fingerprint density at radius 2 is 1.95 bits per heavy atom. The van der Waals surface area contributed by atoms with Crippen LogP contribution >= 0.6 is 15.9 Å². The minimum atomic E-state index is -0.0313. The number of nitrogens with zero attached hydrogens (tertiary/aromatic N) is 1. The summed E-state index contributed by atoms with van der Waals surface area (Å²) in [6.45, 7) is 2.48. The number of nitrogen functional groups attached to an aromatic ring is 1. The molecule has 104 valence electrons. The lowest BCUT2D eigenvalue weighted by Gasteiger charge is -2.18. The summed E-state index contributed by atoms with van der Waals surface area (Å²) in [7, 11) is 1.79. The van der Waals surface area contributed by atoms with E-state index in [1.807, 2.05) is 43.3 Å². The van der Waals surface area contributed by atoms with Gasteiger partial charge in [-0.05, 0) is 42.3 Å². The highest BCUT2D eigenvalue weighted by molar-refractivity contribution is 9.10. The van der Waals surface area contributed by atoms with Gasteiger partial charge in [-0.25, -0.2) is 0 Å². The Bertz CT molecular complexity index is 620. The largest absolute Gasteiger partial charge is 0.399 e. The van der Waals surface area contributed by atoms with E-state index in [0.29, 0.717) is 17.8 Å². The Hall–Kier alpha value is -1.81. The molecule has 2 aromatic carbocycles. The zero-order valence-electron chi connectivity index (χ0n) is 11.6. The highest BCUT2D eigenvalue weighted by Crippen LogP contribution is 2.19. The smallest absolute Gasteiger partial charge is 0.253 e. The van der Waals surface area contributed by atoms with E-state index in [1.165, 1.54) is 0 Å². The summed E-state index contributed by atoms with van der Waals surface area (Å²) in [6, 6.07) is 13.3. The Kier molecular flexibility index (Phi) is 4.45. The third-order valence-electron chi connectivity index (χ3n) is 3.06. The summed E-state index contributed by atoms with van der Waals surface area (Å²) in [5.41, 5.74) is 9.09. The lowest BCUT2D eigenvalue weighted by molar-refractivity contribution is 0.0785. The molecule has 0 atom stereocenters. The second-order valence-electron chi connectivity index (χ2n) is 4.88. The molecule has 1 amide bonds. The van der Waals surface area contributed by atoms with Crippen molar-refractivity contribution in [2.75, 3.05) is 12.8 Å². The molecule has 0 aliphatic carbocycles. The predicted octanol–water partition coefficient (Wildman–Crippen LogP) is 3.61. The lowest BCUT2D eigenvalue weighted by atomic mass is 10.1. The van der Waals surface area contributed by atoms with Crippen LogP contribution < -0.4 is 5.73 Å². The molecular formula is C16H17BrN2O. The molecule has 0 fully saturated rings.